The second kappa shape index (κ2) is 13.2. The smallest absolute Gasteiger partial charge is 0.297 e. The lowest BCUT2D eigenvalue weighted by Gasteiger charge is -2.09. The molecule has 7 nitrogen and oxygen atoms in total. The Hall–Kier alpha value is -1.03. The zero-order chi connectivity index (χ0) is 18.4. The molecule has 0 unspecified atom stereocenters. The highest BCUT2D eigenvalue weighted by atomic mass is 32.2. The molecule has 1 aromatic rings. The Kier molecular flexibility index (Phi) is 11.6. The van der Waals surface area contributed by atoms with Crippen molar-refractivity contribution >= 4 is 10.1 Å². The van der Waals surface area contributed by atoms with Gasteiger partial charge in [-0.1, -0.05) is 18.2 Å². The summed E-state index contributed by atoms with van der Waals surface area (Å²) in [7, 11) is -3.72. The average Bonchev–Trinajstić information content (AvgIpc) is 2.59. The maximum atomic E-state index is 11.8. The molecule has 0 heterocycles. The third kappa shape index (κ3) is 11.2. The fraction of sp³-hybridized carbons (Fsp3) is 0.647. The molecule has 1 rings (SSSR count). The van der Waals surface area contributed by atoms with Crippen LogP contribution < -0.4 is 0 Å². The molecular formula is C17H28O7S. The summed E-state index contributed by atoms with van der Waals surface area (Å²) in [5, 5.41) is 0. The number of benzene rings is 1. The summed E-state index contributed by atoms with van der Waals surface area (Å²) in [6.45, 7) is 6.98. The van der Waals surface area contributed by atoms with Crippen LogP contribution in [-0.4, -0.2) is 67.4 Å². The summed E-state index contributed by atoms with van der Waals surface area (Å²) >= 11 is 0. The SMILES string of the molecule is CC(C)OCCOCCOCCOCCOS(=O)(=O)c1ccccc1. The monoisotopic (exact) mass is 376 g/mol. The first-order valence-corrected chi connectivity index (χ1v) is 9.72. The Morgan fingerprint density at radius 1 is 0.760 bits per heavy atom. The first-order chi connectivity index (χ1) is 12.0. The fourth-order valence-electron chi connectivity index (χ4n) is 1.74. The van der Waals surface area contributed by atoms with E-state index in [1.165, 1.54) is 12.1 Å². The second-order valence-corrected chi connectivity index (χ2v) is 6.96. The van der Waals surface area contributed by atoms with Crippen molar-refractivity contribution in [3.8, 4) is 0 Å². The van der Waals surface area contributed by atoms with Gasteiger partial charge in [0.05, 0.1) is 63.9 Å². The third-order valence-corrected chi connectivity index (χ3v) is 4.25. The molecule has 0 aliphatic carbocycles. The van der Waals surface area contributed by atoms with Gasteiger partial charge < -0.3 is 18.9 Å². The maximum Gasteiger partial charge on any atom is 0.297 e. The van der Waals surface area contributed by atoms with E-state index in [2.05, 4.69) is 0 Å². The Balaban J connectivity index is 1.91. The van der Waals surface area contributed by atoms with Crippen LogP contribution >= 0.6 is 0 Å². The molecule has 8 heteroatoms. The summed E-state index contributed by atoms with van der Waals surface area (Å²) < 4.78 is 49.8. The van der Waals surface area contributed by atoms with Crippen LogP contribution in [-0.2, 0) is 33.2 Å². The maximum absolute atomic E-state index is 11.8. The van der Waals surface area contributed by atoms with E-state index in [0.29, 0.717) is 39.6 Å². The van der Waals surface area contributed by atoms with E-state index in [1.807, 2.05) is 13.8 Å². The Labute approximate surface area is 150 Å². The Morgan fingerprint density at radius 2 is 1.24 bits per heavy atom. The van der Waals surface area contributed by atoms with E-state index in [-0.39, 0.29) is 24.2 Å². The predicted molar refractivity (Wildman–Crippen MR) is 93.1 cm³/mol. The molecule has 0 fully saturated rings. The zero-order valence-electron chi connectivity index (χ0n) is 14.9. The molecule has 144 valence electrons. The van der Waals surface area contributed by atoms with Crippen LogP contribution in [0.15, 0.2) is 35.2 Å². The van der Waals surface area contributed by atoms with Crippen molar-refractivity contribution in [1.29, 1.82) is 0 Å². The number of rotatable bonds is 15. The average molecular weight is 376 g/mol. The van der Waals surface area contributed by atoms with Crippen LogP contribution in [0.3, 0.4) is 0 Å². The van der Waals surface area contributed by atoms with E-state index in [9.17, 15) is 8.42 Å². The molecule has 0 amide bonds. The highest BCUT2D eigenvalue weighted by molar-refractivity contribution is 7.86. The molecule has 0 aliphatic heterocycles. The normalized spacial score (nSPS) is 12.0. The fourth-order valence-corrected chi connectivity index (χ4v) is 2.66. The first kappa shape index (κ1) is 22.0. The molecule has 0 saturated heterocycles. The van der Waals surface area contributed by atoms with E-state index in [4.69, 9.17) is 23.1 Å². The van der Waals surface area contributed by atoms with Crippen LogP contribution in [0.1, 0.15) is 13.8 Å². The van der Waals surface area contributed by atoms with Gasteiger partial charge in [-0.25, -0.2) is 0 Å². The zero-order valence-corrected chi connectivity index (χ0v) is 15.7. The quantitative estimate of drug-likeness (QED) is 0.341. The van der Waals surface area contributed by atoms with Gasteiger partial charge in [0.1, 0.15) is 0 Å². The number of ether oxygens (including phenoxy) is 4. The van der Waals surface area contributed by atoms with Gasteiger partial charge >= 0.3 is 0 Å². The largest absolute Gasteiger partial charge is 0.377 e. The lowest BCUT2D eigenvalue weighted by Crippen LogP contribution is -2.15. The molecular weight excluding hydrogens is 348 g/mol. The minimum atomic E-state index is -3.72. The lowest BCUT2D eigenvalue weighted by atomic mass is 10.4. The molecule has 25 heavy (non-hydrogen) atoms. The molecule has 0 aromatic heterocycles. The lowest BCUT2D eigenvalue weighted by molar-refractivity contribution is -0.0133. The van der Waals surface area contributed by atoms with E-state index >= 15 is 0 Å². The van der Waals surface area contributed by atoms with Gasteiger partial charge in [0.15, 0.2) is 0 Å². The van der Waals surface area contributed by atoms with E-state index < -0.39 is 10.1 Å². The summed E-state index contributed by atoms with van der Waals surface area (Å²) in [6.07, 6.45) is 0.212. The van der Waals surface area contributed by atoms with Crippen molar-refractivity contribution in [2.24, 2.45) is 0 Å². The van der Waals surface area contributed by atoms with Gasteiger partial charge in [-0.15, -0.1) is 0 Å². The van der Waals surface area contributed by atoms with Crippen molar-refractivity contribution in [2.75, 3.05) is 52.9 Å². The van der Waals surface area contributed by atoms with Crippen molar-refractivity contribution < 1.29 is 31.5 Å². The Morgan fingerprint density at radius 3 is 1.76 bits per heavy atom. The van der Waals surface area contributed by atoms with Crippen LogP contribution in [0, 0.1) is 0 Å². The summed E-state index contributed by atoms with van der Waals surface area (Å²) in [4.78, 5) is 0.136. The van der Waals surface area contributed by atoms with Gasteiger partial charge in [0, 0.05) is 0 Å². The standard InChI is InChI=1S/C17H28O7S/c1-16(2)23-14-12-21-10-8-20-9-11-22-13-15-24-25(18,19)17-6-4-3-5-7-17/h3-7,16H,8-15H2,1-2H3. The summed E-state index contributed by atoms with van der Waals surface area (Å²) in [5.74, 6) is 0. The molecule has 0 atom stereocenters. The molecule has 0 N–H and O–H groups in total. The third-order valence-electron chi connectivity index (χ3n) is 2.92. The van der Waals surface area contributed by atoms with Gasteiger partial charge in [0.2, 0.25) is 0 Å². The van der Waals surface area contributed by atoms with Gasteiger partial charge in [-0.2, -0.15) is 8.42 Å². The highest BCUT2D eigenvalue weighted by Crippen LogP contribution is 2.10. The molecule has 0 spiro atoms. The van der Waals surface area contributed by atoms with Gasteiger partial charge in [0.25, 0.3) is 10.1 Å². The van der Waals surface area contributed by atoms with Crippen LogP contribution in [0.5, 0.6) is 0 Å². The van der Waals surface area contributed by atoms with Crippen LogP contribution in [0.4, 0.5) is 0 Å². The van der Waals surface area contributed by atoms with E-state index in [1.54, 1.807) is 18.2 Å². The number of hydrogen-bond acceptors (Lipinski definition) is 7. The number of hydrogen-bond donors (Lipinski definition) is 0. The molecule has 0 radical (unpaired) electrons. The first-order valence-electron chi connectivity index (χ1n) is 8.31. The minimum absolute atomic E-state index is 0.0316. The van der Waals surface area contributed by atoms with Crippen molar-refractivity contribution in [1.82, 2.24) is 0 Å². The van der Waals surface area contributed by atoms with Crippen molar-refractivity contribution in [3.63, 3.8) is 0 Å². The second-order valence-electron chi connectivity index (χ2n) is 5.35. The Bertz CT molecular complexity index is 531. The molecule has 0 saturated carbocycles. The predicted octanol–water partition coefficient (Wildman–Crippen LogP) is 1.87. The van der Waals surface area contributed by atoms with Crippen molar-refractivity contribution in [3.05, 3.63) is 30.3 Å². The molecule has 0 bridgehead atoms. The van der Waals surface area contributed by atoms with Gasteiger partial charge in [-0.3, -0.25) is 4.18 Å². The van der Waals surface area contributed by atoms with Crippen LogP contribution in [0.2, 0.25) is 0 Å². The molecule has 0 aliphatic rings. The van der Waals surface area contributed by atoms with E-state index in [0.717, 1.165) is 0 Å². The topological polar surface area (TPSA) is 80.3 Å². The summed E-state index contributed by atoms with van der Waals surface area (Å²) in [5.41, 5.74) is 0. The highest BCUT2D eigenvalue weighted by Gasteiger charge is 2.13. The van der Waals surface area contributed by atoms with Gasteiger partial charge in [-0.05, 0) is 26.0 Å². The molecule has 1 aromatic carbocycles. The minimum Gasteiger partial charge on any atom is -0.377 e. The van der Waals surface area contributed by atoms with Crippen LogP contribution in [0.25, 0.3) is 0 Å². The summed E-state index contributed by atoms with van der Waals surface area (Å²) in [6, 6.07) is 8.01. The van der Waals surface area contributed by atoms with Crippen molar-refractivity contribution in [2.45, 2.75) is 24.8 Å².